The van der Waals surface area contributed by atoms with E-state index in [1.165, 1.54) is 18.2 Å². The summed E-state index contributed by atoms with van der Waals surface area (Å²) >= 11 is 5.75. The van der Waals surface area contributed by atoms with Gasteiger partial charge in [-0.15, -0.1) is 0 Å². The lowest BCUT2D eigenvalue weighted by molar-refractivity contribution is 0.213. The van der Waals surface area contributed by atoms with Crippen molar-refractivity contribution in [3.05, 3.63) is 63.9 Å². The highest BCUT2D eigenvalue weighted by Gasteiger charge is 2.22. The number of benzene rings is 2. The van der Waals surface area contributed by atoms with Crippen LogP contribution in [0.2, 0.25) is 5.02 Å². The minimum absolute atomic E-state index is 0.00467. The van der Waals surface area contributed by atoms with Crippen molar-refractivity contribution in [1.82, 2.24) is 0 Å². The molecule has 0 spiro atoms. The average Bonchev–Trinajstić information content (AvgIpc) is 2.89. The van der Waals surface area contributed by atoms with Crippen molar-refractivity contribution in [3.63, 3.8) is 0 Å². The van der Waals surface area contributed by atoms with E-state index in [4.69, 9.17) is 16.3 Å². The normalized spacial score (nSPS) is 14.9. The Morgan fingerprint density at radius 1 is 1.26 bits per heavy atom. The van der Waals surface area contributed by atoms with E-state index >= 15 is 0 Å². The van der Waals surface area contributed by atoms with Crippen LogP contribution in [0.3, 0.4) is 0 Å². The molecule has 1 aliphatic rings. The molecule has 2 aromatic rings. The van der Waals surface area contributed by atoms with Gasteiger partial charge in [0.15, 0.2) is 0 Å². The first-order valence-electron chi connectivity index (χ1n) is 6.04. The molecule has 0 saturated carbocycles. The standard InChI is InChI=1S/C15H12ClFO2/c16-12-8-10(4-5-13(12)17)14(18)11-3-1-2-9-6-7-19-15(9)11/h1-5,8,14,18H,6-7H2. The number of halogens is 2. The van der Waals surface area contributed by atoms with Gasteiger partial charge in [-0.25, -0.2) is 4.39 Å². The van der Waals surface area contributed by atoms with Crippen molar-refractivity contribution in [1.29, 1.82) is 0 Å². The van der Waals surface area contributed by atoms with Gasteiger partial charge in [0, 0.05) is 12.0 Å². The summed E-state index contributed by atoms with van der Waals surface area (Å²) in [5.74, 6) is 0.239. The third-order valence-corrected chi connectivity index (χ3v) is 3.59. The van der Waals surface area contributed by atoms with E-state index in [9.17, 15) is 9.50 Å². The van der Waals surface area contributed by atoms with E-state index in [0.717, 1.165) is 17.7 Å². The predicted octanol–water partition coefficient (Wildman–Crippen LogP) is 3.50. The number of para-hydroxylation sites is 1. The van der Waals surface area contributed by atoms with Gasteiger partial charge in [0.05, 0.1) is 11.6 Å². The maximum absolute atomic E-state index is 13.1. The molecule has 1 atom stereocenters. The third-order valence-electron chi connectivity index (χ3n) is 3.30. The van der Waals surface area contributed by atoms with Gasteiger partial charge < -0.3 is 9.84 Å². The maximum atomic E-state index is 13.1. The van der Waals surface area contributed by atoms with E-state index in [0.29, 0.717) is 17.7 Å². The summed E-state index contributed by atoms with van der Waals surface area (Å²) in [5, 5.41) is 10.4. The van der Waals surface area contributed by atoms with Gasteiger partial charge in [0.25, 0.3) is 0 Å². The minimum Gasteiger partial charge on any atom is -0.493 e. The fourth-order valence-corrected chi connectivity index (χ4v) is 2.51. The zero-order valence-corrected chi connectivity index (χ0v) is 10.8. The average molecular weight is 279 g/mol. The summed E-state index contributed by atoms with van der Waals surface area (Å²) in [7, 11) is 0. The molecule has 98 valence electrons. The summed E-state index contributed by atoms with van der Waals surface area (Å²) in [5.41, 5.74) is 2.33. The van der Waals surface area contributed by atoms with Gasteiger partial charge in [-0.3, -0.25) is 0 Å². The molecule has 0 fully saturated rings. The van der Waals surface area contributed by atoms with E-state index in [2.05, 4.69) is 0 Å². The number of aliphatic hydroxyl groups excluding tert-OH is 1. The highest BCUT2D eigenvalue weighted by Crippen LogP contribution is 2.36. The van der Waals surface area contributed by atoms with E-state index in [1.807, 2.05) is 18.2 Å². The summed E-state index contributed by atoms with van der Waals surface area (Å²) in [4.78, 5) is 0. The highest BCUT2D eigenvalue weighted by atomic mass is 35.5. The molecule has 2 nitrogen and oxygen atoms in total. The molecule has 0 aromatic heterocycles. The molecule has 0 amide bonds. The number of ether oxygens (including phenoxy) is 1. The van der Waals surface area contributed by atoms with Gasteiger partial charge >= 0.3 is 0 Å². The topological polar surface area (TPSA) is 29.5 Å². The van der Waals surface area contributed by atoms with Crippen LogP contribution in [0.4, 0.5) is 4.39 Å². The zero-order chi connectivity index (χ0) is 13.4. The Balaban J connectivity index is 2.02. The number of rotatable bonds is 2. The lowest BCUT2D eigenvalue weighted by atomic mass is 9.98. The molecule has 0 saturated heterocycles. The Kier molecular flexibility index (Phi) is 3.17. The second-order valence-corrected chi connectivity index (χ2v) is 4.92. The fourth-order valence-electron chi connectivity index (χ4n) is 2.32. The van der Waals surface area contributed by atoms with Gasteiger partial charge in [-0.1, -0.05) is 35.9 Å². The van der Waals surface area contributed by atoms with Crippen LogP contribution in [-0.2, 0) is 6.42 Å². The van der Waals surface area contributed by atoms with Crippen LogP contribution < -0.4 is 4.74 Å². The molecule has 0 aliphatic carbocycles. The molecule has 0 bridgehead atoms. The van der Waals surface area contributed by atoms with Crippen molar-refractivity contribution in [2.45, 2.75) is 12.5 Å². The van der Waals surface area contributed by atoms with E-state index in [-0.39, 0.29) is 5.02 Å². The Morgan fingerprint density at radius 2 is 2.11 bits per heavy atom. The molecule has 1 unspecified atom stereocenters. The third kappa shape index (κ3) is 2.20. The van der Waals surface area contributed by atoms with Crippen LogP contribution in [-0.4, -0.2) is 11.7 Å². The molecule has 1 aliphatic heterocycles. The molecule has 0 radical (unpaired) electrons. The van der Waals surface area contributed by atoms with Crippen molar-refractivity contribution in [2.24, 2.45) is 0 Å². The molecule has 1 N–H and O–H groups in total. The summed E-state index contributed by atoms with van der Waals surface area (Å²) in [6, 6.07) is 9.90. The number of hydrogen-bond acceptors (Lipinski definition) is 2. The van der Waals surface area contributed by atoms with Crippen molar-refractivity contribution < 1.29 is 14.2 Å². The van der Waals surface area contributed by atoms with Crippen LogP contribution in [0, 0.1) is 5.82 Å². The lowest BCUT2D eigenvalue weighted by Crippen LogP contribution is -2.02. The Hall–Kier alpha value is -1.58. The first kappa shape index (κ1) is 12.5. The molecule has 2 aromatic carbocycles. The van der Waals surface area contributed by atoms with Crippen molar-refractivity contribution >= 4 is 11.6 Å². The smallest absolute Gasteiger partial charge is 0.141 e. The molecular weight excluding hydrogens is 267 g/mol. The first-order valence-corrected chi connectivity index (χ1v) is 6.42. The monoisotopic (exact) mass is 278 g/mol. The molecule has 19 heavy (non-hydrogen) atoms. The van der Waals surface area contributed by atoms with Gasteiger partial charge in [-0.2, -0.15) is 0 Å². The molecule has 1 heterocycles. The number of aliphatic hydroxyl groups is 1. The first-order chi connectivity index (χ1) is 9.16. The van der Waals surface area contributed by atoms with Crippen LogP contribution in [0.1, 0.15) is 22.8 Å². The molecule has 4 heteroatoms. The fraction of sp³-hybridized carbons (Fsp3) is 0.200. The van der Waals surface area contributed by atoms with Crippen LogP contribution in [0.15, 0.2) is 36.4 Å². The lowest BCUT2D eigenvalue weighted by Gasteiger charge is -2.15. The summed E-state index contributed by atoms with van der Waals surface area (Å²) in [6.45, 7) is 0.628. The number of hydrogen-bond donors (Lipinski definition) is 1. The van der Waals surface area contributed by atoms with Crippen molar-refractivity contribution in [2.75, 3.05) is 6.61 Å². The predicted molar refractivity (Wildman–Crippen MR) is 71.1 cm³/mol. The SMILES string of the molecule is OC(c1ccc(F)c(Cl)c1)c1cccc2c1OCC2. The Morgan fingerprint density at radius 3 is 2.89 bits per heavy atom. The van der Waals surface area contributed by atoms with Gasteiger partial charge in [0.2, 0.25) is 0 Å². The highest BCUT2D eigenvalue weighted by molar-refractivity contribution is 6.30. The van der Waals surface area contributed by atoms with Crippen LogP contribution in [0.25, 0.3) is 0 Å². The molecular formula is C15H12ClFO2. The Labute approximate surface area is 115 Å². The molecule has 3 rings (SSSR count). The van der Waals surface area contributed by atoms with E-state index in [1.54, 1.807) is 0 Å². The second kappa shape index (κ2) is 4.83. The summed E-state index contributed by atoms with van der Waals surface area (Å²) < 4.78 is 18.7. The van der Waals surface area contributed by atoms with Gasteiger partial charge in [-0.05, 0) is 23.3 Å². The zero-order valence-electron chi connectivity index (χ0n) is 10.1. The van der Waals surface area contributed by atoms with E-state index < -0.39 is 11.9 Å². The van der Waals surface area contributed by atoms with Crippen molar-refractivity contribution in [3.8, 4) is 5.75 Å². The minimum atomic E-state index is -0.869. The Bertz CT molecular complexity index is 628. The van der Waals surface area contributed by atoms with Gasteiger partial charge in [0.1, 0.15) is 17.7 Å². The van der Waals surface area contributed by atoms with Crippen LogP contribution >= 0.6 is 11.6 Å². The summed E-state index contributed by atoms with van der Waals surface area (Å²) in [6.07, 6.45) is -0.0220. The largest absolute Gasteiger partial charge is 0.493 e. The van der Waals surface area contributed by atoms with Crippen LogP contribution in [0.5, 0.6) is 5.75 Å². The number of fused-ring (bicyclic) bond motifs is 1. The maximum Gasteiger partial charge on any atom is 0.141 e. The quantitative estimate of drug-likeness (QED) is 0.911. The second-order valence-electron chi connectivity index (χ2n) is 4.51.